The van der Waals surface area contributed by atoms with Gasteiger partial charge in [-0.3, -0.25) is 0 Å². The van der Waals surface area contributed by atoms with Crippen LogP contribution in [0.2, 0.25) is 0 Å². The largest absolute Gasteiger partial charge is 0.444 e. The summed E-state index contributed by atoms with van der Waals surface area (Å²) in [5.41, 5.74) is -0.498. The summed E-state index contributed by atoms with van der Waals surface area (Å²) in [4.78, 5) is 13.4. The van der Waals surface area contributed by atoms with Crippen molar-refractivity contribution in [1.82, 2.24) is 4.90 Å². The van der Waals surface area contributed by atoms with E-state index in [1.165, 1.54) is 0 Å². The minimum absolute atomic E-state index is 0.0924. The predicted molar refractivity (Wildman–Crippen MR) is 60.2 cm³/mol. The van der Waals surface area contributed by atoms with Crippen LogP contribution in [0.5, 0.6) is 0 Å². The molecule has 0 aromatic rings. The van der Waals surface area contributed by atoms with Crippen LogP contribution in [0.1, 0.15) is 20.8 Å². The molecule has 0 radical (unpaired) electrons. The molecule has 2 fully saturated rings. The molecule has 2 unspecified atom stereocenters. The lowest BCUT2D eigenvalue weighted by Gasteiger charge is -2.25. The van der Waals surface area contributed by atoms with Crippen molar-refractivity contribution in [1.29, 1.82) is 0 Å². The topological polar surface area (TPSA) is 38.8 Å². The fourth-order valence-electron chi connectivity index (χ4n) is 2.56. The lowest BCUT2D eigenvalue weighted by molar-refractivity contribution is -0.134. The van der Waals surface area contributed by atoms with Crippen molar-refractivity contribution in [2.75, 3.05) is 19.7 Å². The van der Waals surface area contributed by atoms with E-state index < -0.39 is 12.2 Å². The first-order valence-electron chi connectivity index (χ1n) is 6.15. The summed E-state index contributed by atoms with van der Waals surface area (Å²) in [5.74, 6) is 0.783. The Bertz CT molecular complexity index is 318. The smallest absolute Gasteiger partial charge is 0.410 e. The highest BCUT2D eigenvalue weighted by Crippen LogP contribution is 2.52. The Morgan fingerprint density at radius 3 is 2.33 bits per heavy atom. The van der Waals surface area contributed by atoms with E-state index in [0.29, 0.717) is 24.9 Å². The summed E-state index contributed by atoms with van der Waals surface area (Å²) in [6, 6.07) is 0. The molecule has 4 nitrogen and oxygen atoms in total. The molecule has 0 N–H and O–H groups in total. The molecule has 1 saturated heterocycles. The van der Waals surface area contributed by atoms with E-state index in [2.05, 4.69) is 4.74 Å². The Balaban J connectivity index is 1.72. The van der Waals surface area contributed by atoms with Gasteiger partial charge in [0.2, 0.25) is 0 Å². The second-order valence-corrected chi connectivity index (χ2v) is 5.97. The number of ether oxygens (including phenoxy) is 2. The van der Waals surface area contributed by atoms with E-state index in [1.807, 2.05) is 20.8 Å². The number of carbonyl (C=O) groups is 1. The maximum absolute atomic E-state index is 11.9. The number of likely N-dealkylation sites (tertiary alicyclic amines) is 1. The summed E-state index contributed by atoms with van der Waals surface area (Å²) in [5, 5.41) is 0. The first-order valence-corrected chi connectivity index (χ1v) is 6.15. The molecule has 0 spiro atoms. The number of amides is 1. The van der Waals surface area contributed by atoms with Crippen molar-refractivity contribution in [3.63, 3.8) is 0 Å². The lowest BCUT2D eigenvalue weighted by Crippen LogP contribution is -2.37. The van der Waals surface area contributed by atoms with Crippen molar-refractivity contribution in [2.45, 2.75) is 33.0 Å². The highest BCUT2D eigenvalue weighted by molar-refractivity contribution is 5.68. The minimum Gasteiger partial charge on any atom is -0.444 e. The maximum atomic E-state index is 11.9. The number of piperidine rings is 1. The minimum atomic E-state index is -2.70. The molecule has 1 aliphatic heterocycles. The van der Waals surface area contributed by atoms with E-state index in [0.717, 1.165) is 0 Å². The second kappa shape index (κ2) is 4.64. The van der Waals surface area contributed by atoms with Crippen molar-refractivity contribution < 1.29 is 23.0 Å². The number of hydrogen-bond acceptors (Lipinski definition) is 3. The second-order valence-electron chi connectivity index (χ2n) is 5.97. The van der Waals surface area contributed by atoms with Gasteiger partial charge in [0.15, 0.2) is 0 Å². The maximum Gasteiger partial charge on any atom is 0.410 e. The van der Waals surface area contributed by atoms with Crippen molar-refractivity contribution in [2.24, 2.45) is 17.8 Å². The predicted octanol–water partition coefficient (Wildman–Crippen LogP) is 2.34. The average molecular weight is 263 g/mol. The molecule has 1 heterocycles. The van der Waals surface area contributed by atoms with Gasteiger partial charge in [-0.2, -0.15) is 8.78 Å². The molecule has 2 aliphatic rings. The number of alkyl halides is 2. The van der Waals surface area contributed by atoms with Crippen LogP contribution < -0.4 is 0 Å². The van der Waals surface area contributed by atoms with Crippen LogP contribution in [0.4, 0.5) is 13.6 Å². The Morgan fingerprint density at radius 2 is 1.89 bits per heavy atom. The quantitative estimate of drug-likeness (QED) is 0.784. The standard InChI is InChI=1S/C12H19F2NO3/c1-12(2,3)18-11(16)15-4-7-8(5-15)9(7)6-17-10(13)14/h7-10H,4-6H2,1-3H3. The van der Waals surface area contributed by atoms with E-state index in [4.69, 9.17) is 4.74 Å². The molecule has 18 heavy (non-hydrogen) atoms. The molecule has 1 aliphatic carbocycles. The number of rotatable bonds is 3. The van der Waals surface area contributed by atoms with Gasteiger partial charge in [-0.25, -0.2) is 4.79 Å². The Hall–Kier alpha value is -0.910. The van der Waals surface area contributed by atoms with Crippen LogP contribution >= 0.6 is 0 Å². The van der Waals surface area contributed by atoms with E-state index in [1.54, 1.807) is 4.90 Å². The first-order chi connectivity index (χ1) is 8.28. The third-order valence-electron chi connectivity index (χ3n) is 3.44. The summed E-state index contributed by atoms with van der Waals surface area (Å²) >= 11 is 0. The van der Waals surface area contributed by atoms with E-state index in [9.17, 15) is 13.6 Å². The summed E-state index contributed by atoms with van der Waals surface area (Å²) in [6.45, 7) is 4.04. The monoisotopic (exact) mass is 263 g/mol. The molecule has 104 valence electrons. The Kier molecular flexibility index (Phi) is 3.49. The summed E-state index contributed by atoms with van der Waals surface area (Å²) < 4.78 is 33.3. The van der Waals surface area contributed by atoms with Crippen molar-refractivity contribution in [3.8, 4) is 0 Å². The van der Waals surface area contributed by atoms with Crippen LogP contribution in [-0.2, 0) is 9.47 Å². The van der Waals surface area contributed by atoms with Crippen LogP contribution in [-0.4, -0.2) is 42.9 Å². The molecule has 1 amide bonds. The van der Waals surface area contributed by atoms with E-state index in [-0.39, 0.29) is 18.6 Å². The highest BCUT2D eigenvalue weighted by atomic mass is 19.3. The zero-order valence-corrected chi connectivity index (χ0v) is 10.9. The molecular formula is C12H19F2NO3. The normalized spacial score (nSPS) is 30.6. The zero-order valence-electron chi connectivity index (χ0n) is 10.9. The van der Waals surface area contributed by atoms with Crippen LogP contribution in [0.3, 0.4) is 0 Å². The number of carbonyl (C=O) groups excluding carboxylic acids is 1. The molecule has 0 aromatic carbocycles. The van der Waals surface area contributed by atoms with Crippen LogP contribution in [0.15, 0.2) is 0 Å². The molecule has 6 heteroatoms. The Morgan fingerprint density at radius 1 is 1.33 bits per heavy atom. The fraction of sp³-hybridized carbons (Fsp3) is 0.917. The summed E-state index contributed by atoms with van der Waals surface area (Å²) in [7, 11) is 0. The number of fused-ring (bicyclic) bond motifs is 1. The SMILES string of the molecule is CC(C)(C)OC(=O)N1CC2C(COC(F)F)C2C1. The van der Waals surface area contributed by atoms with Gasteiger partial charge in [-0.15, -0.1) is 0 Å². The molecule has 1 saturated carbocycles. The van der Waals surface area contributed by atoms with Gasteiger partial charge in [0.05, 0.1) is 6.61 Å². The summed E-state index contributed by atoms with van der Waals surface area (Å²) in [6.07, 6.45) is -0.316. The van der Waals surface area contributed by atoms with E-state index >= 15 is 0 Å². The van der Waals surface area contributed by atoms with Gasteiger partial charge >= 0.3 is 12.7 Å². The van der Waals surface area contributed by atoms with Gasteiger partial charge in [0.1, 0.15) is 5.60 Å². The fourth-order valence-corrected chi connectivity index (χ4v) is 2.56. The average Bonchev–Trinajstić information content (AvgIpc) is 2.67. The van der Waals surface area contributed by atoms with Gasteiger partial charge in [0, 0.05) is 13.1 Å². The van der Waals surface area contributed by atoms with Gasteiger partial charge in [0.25, 0.3) is 0 Å². The molecule has 0 aromatic heterocycles. The first kappa shape index (κ1) is 13.5. The molecule has 0 bridgehead atoms. The number of hydrogen-bond donors (Lipinski definition) is 0. The molecule has 2 rings (SSSR count). The third-order valence-corrected chi connectivity index (χ3v) is 3.44. The van der Waals surface area contributed by atoms with Crippen molar-refractivity contribution in [3.05, 3.63) is 0 Å². The molecular weight excluding hydrogens is 244 g/mol. The molecule has 2 atom stereocenters. The third kappa shape index (κ3) is 3.10. The van der Waals surface area contributed by atoms with Crippen molar-refractivity contribution >= 4 is 6.09 Å². The van der Waals surface area contributed by atoms with Crippen LogP contribution in [0.25, 0.3) is 0 Å². The number of nitrogens with zero attached hydrogens (tertiary/aromatic N) is 1. The van der Waals surface area contributed by atoms with Crippen LogP contribution in [0, 0.1) is 17.8 Å². The van der Waals surface area contributed by atoms with Gasteiger partial charge in [-0.05, 0) is 38.5 Å². The zero-order chi connectivity index (χ0) is 13.5. The Labute approximate surface area is 105 Å². The van der Waals surface area contributed by atoms with Gasteiger partial charge in [-0.1, -0.05) is 0 Å². The lowest BCUT2D eigenvalue weighted by atomic mass is 10.2. The highest BCUT2D eigenvalue weighted by Gasteiger charge is 2.57. The van der Waals surface area contributed by atoms with Gasteiger partial charge < -0.3 is 14.4 Å². The number of halogens is 2.